The molecule has 1 N–H and O–H groups in total. The van der Waals surface area contributed by atoms with E-state index in [1.54, 1.807) is 0 Å². The lowest BCUT2D eigenvalue weighted by molar-refractivity contribution is 0.288. The van der Waals surface area contributed by atoms with E-state index in [2.05, 4.69) is 26.1 Å². The molecule has 2 unspecified atom stereocenters. The van der Waals surface area contributed by atoms with Crippen molar-refractivity contribution in [3.63, 3.8) is 0 Å². The smallest absolute Gasteiger partial charge is 0.154 e. The zero-order valence-electron chi connectivity index (χ0n) is 12.6. The Morgan fingerprint density at radius 1 is 1.16 bits per heavy atom. The molecule has 0 aromatic heterocycles. The molecule has 0 aromatic carbocycles. The standard InChI is InChI=1S/C15H29NO2S/c1-4-16-14-13(9-10-15(14,2)3)19(17,18)11-12-7-5-6-8-12/h12-14,16H,4-11H2,1-3H3. The van der Waals surface area contributed by atoms with Gasteiger partial charge in [-0.1, -0.05) is 33.6 Å². The Morgan fingerprint density at radius 2 is 1.79 bits per heavy atom. The maximum absolute atomic E-state index is 12.7. The van der Waals surface area contributed by atoms with Crippen LogP contribution < -0.4 is 5.32 Å². The third-order valence-electron chi connectivity index (χ3n) is 5.11. The molecule has 0 aromatic rings. The molecule has 3 nitrogen and oxygen atoms in total. The van der Waals surface area contributed by atoms with E-state index < -0.39 is 9.84 Å². The summed E-state index contributed by atoms with van der Waals surface area (Å²) in [5.74, 6) is 0.853. The summed E-state index contributed by atoms with van der Waals surface area (Å²) in [4.78, 5) is 0. The SMILES string of the molecule is CCNC1C(S(=O)(=O)CC2CCCC2)CCC1(C)C. The minimum atomic E-state index is -2.95. The second-order valence-electron chi connectivity index (χ2n) is 7.08. The van der Waals surface area contributed by atoms with E-state index in [0.717, 1.165) is 32.2 Å². The fraction of sp³-hybridized carbons (Fsp3) is 1.00. The molecule has 0 aliphatic heterocycles. The zero-order valence-corrected chi connectivity index (χ0v) is 13.4. The molecule has 4 heteroatoms. The molecular weight excluding hydrogens is 258 g/mol. The maximum Gasteiger partial charge on any atom is 0.154 e. The average molecular weight is 287 g/mol. The Kier molecular flexibility index (Phi) is 4.61. The molecule has 112 valence electrons. The molecule has 0 radical (unpaired) electrons. The first-order valence-corrected chi connectivity index (χ1v) is 9.53. The topological polar surface area (TPSA) is 46.2 Å². The third kappa shape index (κ3) is 3.33. The predicted molar refractivity (Wildman–Crippen MR) is 80.0 cm³/mol. The Hall–Kier alpha value is -0.0900. The second-order valence-corrected chi connectivity index (χ2v) is 9.35. The van der Waals surface area contributed by atoms with E-state index in [4.69, 9.17) is 0 Å². The molecule has 2 aliphatic carbocycles. The summed E-state index contributed by atoms with van der Waals surface area (Å²) >= 11 is 0. The van der Waals surface area contributed by atoms with Crippen LogP contribution in [0.4, 0.5) is 0 Å². The molecule has 19 heavy (non-hydrogen) atoms. The van der Waals surface area contributed by atoms with Crippen LogP contribution in [-0.2, 0) is 9.84 Å². The Balaban J connectivity index is 2.10. The van der Waals surface area contributed by atoms with Crippen molar-refractivity contribution in [3.05, 3.63) is 0 Å². The first-order valence-electron chi connectivity index (χ1n) is 7.82. The van der Waals surface area contributed by atoms with Crippen molar-refractivity contribution in [1.82, 2.24) is 5.32 Å². The van der Waals surface area contributed by atoms with Crippen molar-refractivity contribution in [2.24, 2.45) is 11.3 Å². The van der Waals surface area contributed by atoms with Gasteiger partial charge in [-0.15, -0.1) is 0 Å². The molecule has 0 amide bonds. The van der Waals surface area contributed by atoms with Gasteiger partial charge < -0.3 is 5.32 Å². The molecule has 0 bridgehead atoms. The van der Waals surface area contributed by atoms with Gasteiger partial charge in [-0.2, -0.15) is 0 Å². The van der Waals surface area contributed by atoms with E-state index in [1.807, 2.05) is 0 Å². The number of sulfone groups is 1. The second kappa shape index (κ2) is 5.72. The fourth-order valence-electron chi connectivity index (χ4n) is 3.98. The lowest BCUT2D eigenvalue weighted by atomic mass is 9.87. The molecule has 2 fully saturated rings. The highest BCUT2D eigenvalue weighted by molar-refractivity contribution is 7.92. The lowest BCUT2D eigenvalue weighted by Crippen LogP contribution is -2.48. The van der Waals surface area contributed by atoms with Gasteiger partial charge in [-0.3, -0.25) is 0 Å². The molecule has 2 rings (SSSR count). The van der Waals surface area contributed by atoms with E-state index in [-0.39, 0.29) is 16.7 Å². The summed E-state index contributed by atoms with van der Waals surface area (Å²) in [6.07, 6.45) is 6.50. The monoisotopic (exact) mass is 287 g/mol. The summed E-state index contributed by atoms with van der Waals surface area (Å²) in [5.41, 5.74) is 0.101. The van der Waals surface area contributed by atoms with Crippen LogP contribution in [0.1, 0.15) is 59.3 Å². The molecule has 0 saturated heterocycles. The number of hydrogen-bond acceptors (Lipinski definition) is 3. The molecule has 2 saturated carbocycles. The maximum atomic E-state index is 12.7. The summed E-state index contributed by atoms with van der Waals surface area (Å²) in [7, 11) is -2.95. The Morgan fingerprint density at radius 3 is 2.37 bits per heavy atom. The van der Waals surface area contributed by atoms with Gasteiger partial charge in [-0.05, 0) is 43.6 Å². The first-order chi connectivity index (χ1) is 8.87. The van der Waals surface area contributed by atoms with Gasteiger partial charge in [0.2, 0.25) is 0 Å². The van der Waals surface area contributed by atoms with Crippen LogP contribution in [0.15, 0.2) is 0 Å². The van der Waals surface area contributed by atoms with Gasteiger partial charge >= 0.3 is 0 Å². The van der Waals surface area contributed by atoms with Gasteiger partial charge in [0.25, 0.3) is 0 Å². The van der Waals surface area contributed by atoms with Crippen LogP contribution in [-0.4, -0.2) is 32.0 Å². The quantitative estimate of drug-likeness (QED) is 0.845. The molecule has 0 heterocycles. The van der Waals surface area contributed by atoms with Gasteiger partial charge in [0.05, 0.1) is 11.0 Å². The highest BCUT2D eigenvalue weighted by Gasteiger charge is 2.47. The zero-order chi connectivity index (χ0) is 14.1. The van der Waals surface area contributed by atoms with Crippen LogP contribution in [0.3, 0.4) is 0 Å². The van der Waals surface area contributed by atoms with Crippen molar-refractivity contribution >= 4 is 9.84 Å². The highest BCUT2D eigenvalue weighted by atomic mass is 32.2. The Bertz CT molecular complexity index is 396. The normalized spacial score (nSPS) is 31.9. The van der Waals surface area contributed by atoms with Crippen molar-refractivity contribution in [2.45, 2.75) is 70.6 Å². The van der Waals surface area contributed by atoms with Crippen molar-refractivity contribution < 1.29 is 8.42 Å². The number of nitrogens with one attached hydrogen (secondary N) is 1. The Labute approximate surface area is 118 Å². The van der Waals surface area contributed by atoms with Gasteiger partial charge in [0, 0.05) is 6.04 Å². The van der Waals surface area contributed by atoms with Crippen molar-refractivity contribution in [1.29, 1.82) is 0 Å². The van der Waals surface area contributed by atoms with Crippen LogP contribution in [0.25, 0.3) is 0 Å². The van der Waals surface area contributed by atoms with Gasteiger partial charge in [-0.25, -0.2) is 8.42 Å². The largest absolute Gasteiger partial charge is 0.312 e. The summed E-state index contributed by atoms with van der Waals surface area (Å²) in [6, 6.07) is 0.129. The van der Waals surface area contributed by atoms with Crippen molar-refractivity contribution in [2.75, 3.05) is 12.3 Å². The summed E-state index contributed by atoms with van der Waals surface area (Å²) in [5, 5.41) is 3.27. The van der Waals surface area contributed by atoms with Gasteiger partial charge in [0.15, 0.2) is 9.84 Å². The predicted octanol–water partition coefficient (Wildman–Crippen LogP) is 2.76. The highest BCUT2D eigenvalue weighted by Crippen LogP contribution is 2.41. The van der Waals surface area contributed by atoms with Gasteiger partial charge in [0.1, 0.15) is 0 Å². The number of rotatable bonds is 5. The fourth-order valence-corrected chi connectivity index (χ4v) is 6.58. The number of hydrogen-bond donors (Lipinski definition) is 1. The van der Waals surface area contributed by atoms with Crippen LogP contribution in [0.5, 0.6) is 0 Å². The summed E-state index contributed by atoms with van der Waals surface area (Å²) < 4.78 is 25.4. The van der Waals surface area contributed by atoms with Crippen LogP contribution >= 0.6 is 0 Å². The minimum Gasteiger partial charge on any atom is -0.312 e. The molecule has 2 atom stereocenters. The third-order valence-corrected chi connectivity index (χ3v) is 7.48. The molecule has 2 aliphatic rings. The lowest BCUT2D eigenvalue weighted by Gasteiger charge is -2.31. The van der Waals surface area contributed by atoms with Crippen LogP contribution in [0, 0.1) is 11.3 Å². The average Bonchev–Trinajstić information content (AvgIpc) is 2.88. The molecule has 0 spiro atoms. The summed E-state index contributed by atoms with van der Waals surface area (Å²) in [6.45, 7) is 7.31. The van der Waals surface area contributed by atoms with Crippen LogP contribution in [0.2, 0.25) is 0 Å². The first kappa shape index (κ1) is 15.3. The van der Waals surface area contributed by atoms with Crippen molar-refractivity contribution in [3.8, 4) is 0 Å². The van der Waals surface area contributed by atoms with E-state index in [0.29, 0.717) is 11.7 Å². The van der Waals surface area contributed by atoms with E-state index >= 15 is 0 Å². The minimum absolute atomic E-state index is 0.101. The molecular formula is C15H29NO2S. The van der Waals surface area contributed by atoms with E-state index in [9.17, 15) is 8.42 Å². The van der Waals surface area contributed by atoms with E-state index in [1.165, 1.54) is 12.8 Å².